The van der Waals surface area contributed by atoms with Gasteiger partial charge in [-0.1, -0.05) is 12.1 Å². The average molecular weight is 249 g/mol. The van der Waals surface area contributed by atoms with E-state index in [1.165, 1.54) is 12.1 Å². The Kier molecular flexibility index (Phi) is 4.10. The molecular formula is C14H16FNO2. The summed E-state index contributed by atoms with van der Waals surface area (Å²) in [6.07, 6.45) is 1.60. The fourth-order valence-electron chi connectivity index (χ4n) is 1.86. The van der Waals surface area contributed by atoms with Gasteiger partial charge in [0.25, 0.3) is 0 Å². The van der Waals surface area contributed by atoms with Gasteiger partial charge in [0.05, 0.1) is 13.2 Å². The first kappa shape index (κ1) is 12.8. The van der Waals surface area contributed by atoms with Crippen LogP contribution in [0.4, 0.5) is 4.39 Å². The normalized spacial score (nSPS) is 16.8. The summed E-state index contributed by atoms with van der Waals surface area (Å²) in [5, 5.41) is 0. The summed E-state index contributed by atoms with van der Waals surface area (Å²) < 4.78 is 18.0. The molecule has 1 fully saturated rings. The molecule has 0 saturated carbocycles. The van der Waals surface area contributed by atoms with Crippen molar-refractivity contribution in [2.24, 2.45) is 0 Å². The minimum Gasteiger partial charge on any atom is -0.378 e. The first-order valence-electron chi connectivity index (χ1n) is 5.98. The number of carbonyl (C=O) groups excluding carboxylic acids is 1. The van der Waals surface area contributed by atoms with Gasteiger partial charge in [0.1, 0.15) is 5.82 Å². The molecule has 1 aromatic rings. The van der Waals surface area contributed by atoms with Crippen LogP contribution in [0.25, 0.3) is 5.57 Å². The van der Waals surface area contributed by atoms with E-state index < -0.39 is 0 Å². The van der Waals surface area contributed by atoms with Crippen LogP contribution < -0.4 is 0 Å². The van der Waals surface area contributed by atoms with Crippen molar-refractivity contribution in [2.45, 2.75) is 6.92 Å². The summed E-state index contributed by atoms with van der Waals surface area (Å²) in [6, 6.07) is 6.14. The molecule has 1 amide bonds. The highest BCUT2D eigenvalue weighted by atomic mass is 19.1. The van der Waals surface area contributed by atoms with Crippen LogP contribution in [0, 0.1) is 5.82 Å². The zero-order valence-corrected chi connectivity index (χ0v) is 10.4. The maximum atomic E-state index is 12.8. The molecule has 3 nitrogen and oxygen atoms in total. The molecule has 1 aromatic carbocycles. The van der Waals surface area contributed by atoms with E-state index in [0.717, 1.165) is 11.1 Å². The van der Waals surface area contributed by atoms with Crippen molar-refractivity contribution in [3.63, 3.8) is 0 Å². The van der Waals surface area contributed by atoms with Crippen molar-refractivity contribution in [3.05, 3.63) is 41.7 Å². The number of hydrogen-bond acceptors (Lipinski definition) is 2. The summed E-state index contributed by atoms with van der Waals surface area (Å²) >= 11 is 0. The van der Waals surface area contributed by atoms with Crippen LogP contribution in [0.5, 0.6) is 0 Å². The number of rotatable bonds is 2. The number of amides is 1. The molecule has 1 aliphatic rings. The van der Waals surface area contributed by atoms with E-state index in [2.05, 4.69) is 0 Å². The van der Waals surface area contributed by atoms with Crippen LogP contribution in [-0.4, -0.2) is 37.1 Å². The molecular weight excluding hydrogens is 233 g/mol. The fourth-order valence-corrected chi connectivity index (χ4v) is 1.86. The monoisotopic (exact) mass is 249 g/mol. The smallest absolute Gasteiger partial charge is 0.246 e. The summed E-state index contributed by atoms with van der Waals surface area (Å²) in [5.74, 6) is -0.286. The standard InChI is InChI=1S/C14H16FNO2/c1-11(12-2-4-13(15)5-3-12)10-14(17)16-6-8-18-9-7-16/h2-5,10H,6-9H2,1H3/b11-10+. The maximum absolute atomic E-state index is 12.8. The quantitative estimate of drug-likeness (QED) is 0.751. The highest BCUT2D eigenvalue weighted by molar-refractivity contribution is 5.94. The van der Waals surface area contributed by atoms with Crippen LogP contribution >= 0.6 is 0 Å². The van der Waals surface area contributed by atoms with Gasteiger partial charge in [0.2, 0.25) is 5.91 Å². The Labute approximate surface area is 106 Å². The van der Waals surface area contributed by atoms with Crippen LogP contribution in [0.2, 0.25) is 0 Å². The second kappa shape index (κ2) is 5.78. The maximum Gasteiger partial charge on any atom is 0.246 e. The van der Waals surface area contributed by atoms with Gasteiger partial charge in [-0.25, -0.2) is 4.39 Å². The molecule has 0 atom stereocenters. The Balaban J connectivity index is 2.07. The summed E-state index contributed by atoms with van der Waals surface area (Å²) in [4.78, 5) is 13.7. The van der Waals surface area contributed by atoms with Gasteiger partial charge in [-0.3, -0.25) is 4.79 Å². The Bertz CT molecular complexity index is 447. The van der Waals surface area contributed by atoms with Gasteiger partial charge in [-0.05, 0) is 30.2 Å². The zero-order chi connectivity index (χ0) is 13.0. The van der Waals surface area contributed by atoms with E-state index in [0.29, 0.717) is 26.3 Å². The van der Waals surface area contributed by atoms with Gasteiger partial charge in [0.15, 0.2) is 0 Å². The Morgan fingerprint density at radius 3 is 2.50 bits per heavy atom. The number of ether oxygens (including phenoxy) is 1. The van der Waals surface area contributed by atoms with Crippen LogP contribution in [0.1, 0.15) is 12.5 Å². The van der Waals surface area contributed by atoms with Crippen LogP contribution in [0.3, 0.4) is 0 Å². The van der Waals surface area contributed by atoms with Crippen molar-refractivity contribution in [2.75, 3.05) is 26.3 Å². The second-order valence-electron chi connectivity index (χ2n) is 4.27. The van der Waals surface area contributed by atoms with E-state index >= 15 is 0 Å². The lowest BCUT2D eigenvalue weighted by molar-refractivity contribution is -0.129. The highest BCUT2D eigenvalue weighted by Crippen LogP contribution is 2.14. The van der Waals surface area contributed by atoms with Crippen molar-refractivity contribution in [1.29, 1.82) is 0 Å². The number of morpholine rings is 1. The van der Waals surface area contributed by atoms with Gasteiger partial charge in [-0.15, -0.1) is 0 Å². The van der Waals surface area contributed by atoms with Crippen LogP contribution in [-0.2, 0) is 9.53 Å². The van der Waals surface area contributed by atoms with Crippen molar-refractivity contribution >= 4 is 11.5 Å². The van der Waals surface area contributed by atoms with E-state index in [-0.39, 0.29) is 11.7 Å². The van der Waals surface area contributed by atoms with E-state index in [1.807, 2.05) is 6.92 Å². The lowest BCUT2D eigenvalue weighted by Gasteiger charge is -2.25. The third-order valence-corrected chi connectivity index (χ3v) is 2.96. The predicted octanol–water partition coefficient (Wildman–Crippen LogP) is 2.09. The van der Waals surface area contributed by atoms with Gasteiger partial charge in [-0.2, -0.15) is 0 Å². The molecule has 0 unspecified atom stereocenters. The molecule has 1 heterocycles. The lowest BCUT2D eigenvalue weighted by atomic mass is 10.1. The molecule has 0 bridgehead atoms. The molecule has 0 aromatic heterocycles. The van der Waals surface area contributed by atoms with Crippen LogP contribution in [0.15, 0.2) is 30.3 Å². The summed E-state index contributed by atoms with van der Waals surface area (Å²) in [6.45, 7) is 4.30. The Morgan fingerprint density at radius 2 is 1.89 bits per heavy atom. The van der Waals surface area contributed by atoms with Gasteiger partial charge >= 0.3 is 0 Å². The number of benzene rings is 1. The van der Waals surface area contributed by atoms with Crippen molar-refractivity contribution in [3.8, 4) is 0 Å². The minimum atomic E-state index is -0.272. The largest absolute Gasteiger partial charge is 0.378 e. The molecule has 96 valence electrons. The first-order valence-corrected chi connectivity index (χ1v) is 5.98. The number of nitrogens with zero attached hydrogens (tertiary/aromatic N) is 1. The third-order valence-electron chi connectivity index (χ3n) is 2.96. The predicted molar refractivity (Wildman–Crippen MR) is 67.5 cm³/mol. The Hall–Kier alpha value is -1.68. The third kappa shape index (κ3) is 3.17. The number of hydrogen-bond donors (Lipinski definition) is 0. The SMILES string of the molecule is C/C(=C\C(=O)N1CCOCC1)c1ccc(F)cc1. The zero-order valence-electron chi connectivity index (χ0n) is 10.4. The van der Waals surface area contributed by atoms with Crippen molar-refractivity contribution < 1.29 is 13.9 Å². The molecule has 0 aliphatic carbocycles. The van der Waals surface area contributed by atoms with E-state index in [1.54, 1.807) is 23.1 Å². The molecule has 18 heavy (non-hydrogen) atoms. The van der Waals surface area contributed by atoms with Gasteiger partial charge < -0.3 is 9.64 Å². The summed E-state index contributed by atoms with van der Waals surface area (Å²) in [7, 11) is 0. The number of allylic oxidation sites excluding steroid dienone is 1. The van der Waals surface area contributed by atoms with E-state index in [9.17, 15) is 9.18 Å². The number of carbonyl (C=O) groups is 1. The molecule has 0 N–H and O–H groups in total. The fraction of sp³-hybridized carbons (Fsp3) is 0.357. The Morgan fingerprint density at radius 1 is 1.28 bits per heavy atom. The second-order valence-corrected chi connectivity index (χ2v) is 4.27. The number of halogens is 1. The molecule has 0 spiro atoms. The average Bonchev–Trinajstić information content (AvgIpc) is 2.40. The van der Waals surface area contributed by atoms with Crippen molar-refractivity contribution in [1.82, 2.24) is 4.90 Å². The minimum absolute atomic E-state index is 0.0138. The molecule has 0 radical (unpaired) electrons. The molecule has 1 aliphatic heterocycles. The topological polar surface area (TPSA) is 29.5 Å². The first-order chi connectivity index (χ1) is 8.66. The summed E-state index contributed by atoms with van der Waals surface area (Å²) in [5.41, 5.74) is 1.70. The van der Waals surface area contributed by atoms with E-state index in [4.69, 9.17) is 4.74 Å². The highest BCUT2D eigenvalue weighted by Gasteiger charge is 2.14. The molecule has 2 rings (SSSR count). The molecule has 4 heteroatoms. The molecule has 1 saturated heterocycles. The van der Waals surface area contributed by atoms with Gasteiger partial charge in [0, 0.05) is 19.2 Å². The lowest BCUT2D eigenvalue weighted by Crippen LogP contribution is -2.39.